The molecule has 0 heterocycles. The second-order valence-electron chi connectivity index (χ2n) is 6.99. The largest absolute Gasteiger partial charge is 0.462 e. The zero-order chi connectivity index (χ0) is 16.1. The quantitative estimate of drug-likeness (QED) is 0.833. The molecule has 0 spiro atoms. The van der Waals surface area contributed by atoms with Gasteiger partial charge in [-0.2, -0.15) is 0 Å². The number of carbonyl (C=O) groups is 1. The Labute approximate surface area is 133 Å². The molecule has 0 aromatic heterocycles. The highest BCUT2D eigenvalue weighted by atomic mass is 16.5. The van der Waals surface area contributed by atoms with Gasteiger partial charge in [-0.15, -0.1) is 0 Å². The van der Waals surface area contributed by atoms with Gasteiger partial charge < -0.3 is 9.84 Å². The van der Waals surface area contributed by atoms with Crippen molar-refractivity contribution in [3.63, 3.8) is 0 Å². The van der Waals surface area contributed by atoms with Crippen molar-refractivity contribution in [2.24, 2.45) is 17.8 Å². The molecule has 0 radical (unpaired) electrons. The summed E-state index contributed by atoms with van der Waals surface area (Å²) in [5.41, 5.74) is 0.761. The van der Waals surface area contributed by atoms with Gasteiger partial charge in [0.05, 0.1) is 12.5 Å². The molecular formula is C19H28O3. The van der Waals surface area contributed by atoms with E-state index in [0.717, 1.165) is 18.4 Å². The second-order valence-corrected chi connectivity index (χ2v) is 6.99. The van der Waals surface area contributed by atoms with E-state index in [-0.39, 0.29) is 18.5 Å². The molecule has 1 aliphatic carbocycles. The smallest absolute Gasteiger partial charge is 0.309 e. The number of hydrogen-bond acceptors (Lipinski definition) is 3. The summed E-state index contributed by atoms with van der Waals surface area (Å²) >= 11 is 0. The summed E-state index contributed by atoms with van der Waals surface area (Å²) in [6, 6.07) is 9.28. The molecule has 2 rings (SSSR count). The van der Waals surface area contributed by atoms with Crippen LogP contribution in [0.5, 0.6) is 0 Å². The van der Waals surface area contributed by atoms with Crippen LogP contribution in [0.4, 0.5) is 0 Å². The molecule has 1 fully saturated rings. The zero-order valence-corrected chi connectivity index (χ0v) is 13.9. The molecule has 1 N–H and O–H groups in total. The highest BCUT2D eigenvalue weighted by Gasteiger charge is 2.33. The molecule has 0 unspecified atom stereocenters. The Balaban J connectivity index is 1.92. The fraction of sp³-hybridized carbons (Fsp3) is 0.632. The van der Waals surface area contributed by atoms with Gasteiger partial charge in [0.1, 0.15) is 6.10 Å². The van der Waals surface area contributed by atoms with Crippen LogP contribution in [0.15, 0.2) is 30.3 Å². The predicted octanol–water partition coefficient (Wildman–Crippen LogP) is 4.11. The van der Waals surface area contributed by atoms with Gasteiger partial charge in [-0.3, -0.25) is 4.79 Å². The van der Waals surface area contributed by atoms with Crippen molar-refractivity contribution in [2.45, 2.75) is 58.7 Å². The number of hydrogen-bond donors (Lipinski definition) is 1. The maximum absolute atomic E-state index is 12.2. The minimum atomic E-state index is -0.785. The molecule has 1 saturated carbocycles. The van der Waals surface area contributed by atoms with Crippen molar-refractivity contribution in [3.8, 4) is 0 Å². The van der Waals surface area contributed by atoms with E-state index in [9.17, 15) is 9.90 Å². The Kier molecular flexibility index (Phi) is 6.01. The van der Waals surface area contributed by atoms with Gasteiger partial charge in [-0.05, 0) is 36.2 Å². The zero-order valence-electron chi connectivity index (χ0n) is 13.9. The molecule has 1 aliphatic rings. The Morgan fingerprint density at radius 1 is 1.27 bits per heavy atom. The third-order valence-electron chi connectivity index (χ3n) is 4.79. The van der Waals surface area contributed by atoms with Crippen LogP contribution in [0, 0.1) is 17.8 Å². The standard InChI is InChI=1S/C19H28O3/c1-13(2)16-10-9-14(3)11-18(16)22-19(21)12-17(20)15-7-5-4-6-8-15/h4-8,13-14,16-18,20H,9-12H2,1-3H3/t14-,16+,17+,18-/m0/s1. The average molecular weight is 304 g/mol. The van der Waals surface area contributed by atoms with Gasteiger partial charge in [0.15, 0.2) is 0 Å². The summed E-state index contributed by atoms with van der Waals surface area (Å²) in [6.07, 6.45) is 2.52. The Morgan fingerprint density at radius 2 is 1.95 bits per heavy atom. The average Bonchev–Trinajstić information content (AvgIpc) is 2.47. The minimum absolute atomic E-state index is 0.000719. The van der Waals surface area contributed by atoms with Crippen LogP contribution in [0.2, 0.25) is 0 Å². The van der Waals surface area contributed by atoms with Crippen molar-refractivity contribution in [2.75, 3.05) is 0 Å². The lowest BCUT2D eigenvalue weighted by molar-refractivity contribution is -0.158. The Bertz CT molecular complexity index is 469. The normalized spacial score (nSPS) is 26.7. The van der Waals surface area contributed by atoms with E-state index in [4.69, 9.17) is 4.74 Å². The molecule has 22 heavy (non-hydrogen) atoms. The fourth-order valence-electron chi connectivity index (χ4n) is 3.42. The number of rotatable bonds is 5. The van der Waals surface area contributed by atoms with Gasteiger partial charge in [0.25, 0.3) is 0 Å². The molecule has 122 valence electrons. The number of aliphatic hydroxyl groups excluding tert-OH is 1. The molecule has 4 atom stereocenters. The van der Waals surface area contributed by atoms with Gasteiger partial charge in [-0.25, -0.2) is 0 Å². The van der Waals surface area contributed by atoms with Gasteiger partial charge in [0.2, 0.25) is 0 Å². The fourth-order valence-corrected chi connectivity index (χ4v) is 3.42. The van der Waals surface area contributed by atoms with E-state index in [1.165, 1.54) is 6.42 Å². The van der Waals surface area contributed by atoms with Crippen molar-refractivity contribution in [1.82, 2.24) is 0 Å². The summed E-state index contributed by atoms with van der Waals surface area (Å²) in [4.78, 5) is 12.2. The van der Waals surface area contributed by atoms with Crippen molar-refractivity contribution in [1.29, 1.82) is 0 Å². The summed E-state index contributed by atoms with van der Waals surface area (Å²) < 4.78 is 5.73. The number of carbonyl (C=O) groups excluding carboxylic acids is 1. The van der Waals surface area contributed by atoms with Crippen LogP contribution in [-0.2, 0) is 9.53 Å². The predicted molar refractivity (Wildman–Crippen MR) is 87.2 cm³/mol. The molecule has 3 heteroatoms. The van der Waals surface area contributed by atoms with Crippen LogP contribution < -0.4 is 0 Å². The molecule has 0 amide bonds. The van der Waals surface area contributed by atoms with Crippen molar-refractivity contribution >= 4 is 5.97 Å². The summed E-state index contributed by atoms with van der Waals surface area (Å²) in [7, 11) is 0. The van der Waals surface area contributed by atoms with Gasteiger partial charge in [-0.1, -0.05) is 57.5 Å². The molecular weight excluding hydrogens is 276 g/mol. The van der Waals surface area contributed by atoms with E-state index in [2.05, 4.69) is 20.8 Å². The third kappa shape index (κ3) is 4.57. The Morgan fingerprint density at radius 3 is 2.59 bits per heavy atom. The van der Waals surface area contributed by atoms with Crippen LogP contribution in [-0.4, -0.2) is 17.2 Å². The van der Waals surface area contributed by atoms with Crippen LogP contribution in [0.1, 0.15) is 58.1 Å². The first-order valence-corrected chi connectivity index (χ1v) is 8.40. The molecule has 0 bridgehead atoms. The van der Waals surface area contributed by atoms with Crippen molar-refractivity contribution in [3.05, 3.63) is 35.9 Å². The second kappa shape index (κ2) is 7.77. The number of aliphatic hydroxyl groups is 1. The van der Waals surface area contributed by atoms with E-state index in [0.29, 0.717) is 17.8 Å². The lowest BCUT2D eigenvalue weighted by Crippen LogP contribution is -2.36. The molecule has 1 aromatic rings. The maximum Gasteiger partial charge on any atom is 0.309 e. The van der Waals surface area contributed by atoms with E-state index >= 15 is 0 Å². The summed E-state index contributed by atoms with van der Waals surface area (Å²) in [6.45, 7) is 6.61. The lowest BCUT2D eigenvalue weighted by Gasteiger charge is -2.36. The van der Waals surface area contributed by atoms with E-state index < -0.39 is 6.10 Å². The first-order valence-electron chi connectivity index (χ1n) is 8.40. The molecule has 0 aliphatic heterocycles. The number of esters is 1. The molecule has 1 aromatic carbocycles. The molecule has 3 nitrogen and oxygen atoms in total. The van der Waals surface area contributed by atoms with Crippen LogP contribution >= 0.6 is 0 Å². The summed E-state index contributed by atoms with van der Waals surface area (Å²) in [5, 5.41) is 10.1. The first kappa shape index (κ1) is 17.0. The van der Waals surface area contributed by atoms with Gasteiger partial charge in [0, 0.05) is 0 Å². The highest BCUT2D eigenvalue weighted by Crippen LogP contribution is 2.35. The first-order chi connectivity index (χ1) is 10.5. The maximum atomic E-state index is 12.2. The van der Waals surface area contributed by atoms with Crippen molar-refractivity contribution < 1.29 is 14.6 Å². The third-order valence-corrected chi connectivity index (χ3v) is 4.79. The number of benzene rings is 1. The topological polar surface area (TPSA) is 46.5 Å². The van der Waals surface area contributed by atoms with E-state index in [1.807, 2.05) is 30.3 Å². The lowest BCUT2D eigenvalue weighted by atomic mass is 9.75. The molecule has 0 saturated heterocycles. The minimum Gasteiger partial charge on any atom is -0.462 e. The highest BCUT2D eigenvalue weighted by molar-refractivity contribution is 5.70. The summed E-state index contributed by atoms with van der Waals surface area (Å²) in [5.74, 6) is 1.27. The SMILES string of the molecule is CC(C)[C@H]1CC[C@H](C)C[C@@H]1OC(=O)C[C@@H](O)c1ccccc1. The monoisotopic (exact) mass is 304 g/mol. The van der Waals surface area contributed by atoms with Crippen LogP contribution in [0.3, 0.4) is 0 Å². The Hall–Kier alpha value is -1.35. The van der Waals surface area contributed by atoms with Gasteiger partial charge >= 0.3 is 5.97 Å². The number of ether oxygens (including phenoxy) is 1. The van der Waals surface area contributed by atoms with Crippen LogP contribution in [0.25, 0.3) is 0 Å². The van der Waals surface area contributed by atoms with E-state index in [1.54, 1.807) is 0 Å².